The van der Waals surface area contributed by atoms with Crippen molar-refractivity contribution in [3.05, 3.63) is 36.4 Å². The second-order valence-corrected chi connectivity index (χ2v) is 19.9. The molecule has 2 aromatic rings. The number of esters is 1. The average molecular weight is 795 g/mol. The molecule has 0 spiro atoms. The molecule has 1 aromatic heterocycles. The quantitative estimate of drug-likeness (QED) is 0.218. The van der Waals surface area contributed by atoms with Crippen molar-refractivity contribution in [3.8, 4) is 11.8 Å². The molecule has 4 aliphatic rings. The maximum atomic E-state index is 15.0. The van der Waals surface area contributed by atoms with Gasteiger partial charge in [0.1, 0.15) is 11.7 Å². The standard InChI is InChI=1S/C42H58N4O9S/c1-8-27-20-26(3)14-10-11-15-28-23-42(28,39(50)45-56(51,52)41(7)18-19-41)24-34(47)33-21-29(25-46(33)38(49)32(27)22-35(48)55-40(4,5)6)54-37-31-17-13-12-16-30(31)36(43-44-37)53-9-2/h11-13,15-17,26-29,32-33H,8-10,14,18-25H2,1-7H3,(H,45,50)/b15-11-/t26-,27-,28-,29-,32+,33+,42-/m1/s1. The van der Waals surface area contributed by atoms with Gasteiger partial charge >= 0.3 is 5.97 Å². The summed E-state index contributed by atoms with van der Waals surface area (Å²) in [5, 5.41) is 9.95. The lowest BCUT2D eigenvalue weighted by molar-refractivity contribution is -0.160. The molecule has 2 amide bonds. The van der Waals surface area contributed by atoms with Gasteiger partial charge in [0.05, 0.1) is 52.5 Å². The van der Waals surface area contributed by atoms with Gasteiger partial charge in [-0.25, -0.2) is 8.42 Å². The van der Waals surface area contributed by atoms with Crippen LogP contribution in [0.5, 0.6) is 11.8 Å². The minimum absolute atomic E-state index is 0.0323. The second-order valence-electron chi connectivity index (χ2n) is 17.7. The summed E-state index contributed by atoms with van der Waals surface area (Å²) in [5.41, 5.74) is -2.03. The van der Waals surface area contributed by atoms with E-state index in [4.69, 9.17) is 14.2 Å². The summed E-state index contributed by atoms with van der Waals surface area (Å²) < 4.78 is 45.8. The van der Waals surface area contributed by atoms with Crippen LogP contribution in [0.3, 0.4) is 0 Å². The Hall–Kier alpha value is -4.07. The lowest BCUT2D eigenvalue weighted by Crippen LogP contribution is -2.48. The lowest BCUT2D eigenvalue weighted by Gasteiger charge is -2.33. The monoisotopic (exact) mass is 794 g/mol. The summed E-state index contributed by atoms with van der Waals surface area (Å²) in [6.07, 6.45) is 7.10. The Morgan fingerprint density at radius 2 is 1.71 bits per heavy atom. The summed E-state index contributed by atoms with van der Waals surface area (Å²) in [6, 6.07) is 6.41. The predicted octanol–water partition coefficient (Wildman–Crippen LogP) is 6.09. The van der Waals surface area contributed by atoms with Crippen LogP contribution in [0.4, 0.5) is 0 Å². The first kappa shape index (κ1) is 41.6. The number of hydrogen-bond acceptors (Lipinski definition) is 11. The van der Waals surface area contributed by atoms with Gasteiger partial charge < -0.3 is 19.1 Å². The van der Waals surface area contributed by atoms with E-state index in [1.807, 2.05) is 50.3 Å². The number of Topliss-reactive ketones (excluding diaryl/α,β-unsaturated/α-hetero) is 1. The van der Waals surface area contributed by atoms with E-state index in [0.29, 0.717) is 55.4 Å². The fourth-order valence-electron chi connectivity index (χ4n) is 8.45. The van der Waals surface area contributed by atoms with Crippen LogP contribution in [-0.2, 0) is 33.9 Å². The zero-order valence-electron chi connectivity index (χ0n) is 33.8. The molecule has 3 heterocycles. The Bertz CT molecular complexity index is 1970. The molecule has 13 nitrogen and oxygen atoms in total. The van der Waals surface area contributed by atoms with E-state index in [1.54, 1.807) is 27.7 Å². The van der Waals surface area contributed by atoms with Gasteiger partial charge in [-0.15, -0.1) is 10.2 Å². The highest BCUT2D eigenvalue weighted by molar-refractivity contribution is 7.91. The van der Waals surface area contributed by atoms with E-state index in [2.05, 4.69) is 21.8 Å². The molecule has 6 rings (SSSR count). The van der Waals surface area contributed by atoms with Gasteiger partial charge in [0.2, 0.25) is 33.6 Å². The topological polar surface area (TPSA) is 171 Å². The Morgan fingerprint density at radius 3 is 2.36 bits per heavy atom. The Labute approximate surface area is 330 Å². The zero-order chi connectivity index (χ0) is 40.6. The number of amides is 2. The van der Waals surface area contributed by atoms with Crippen LogP contribution < -0.4 is 14.2 Å². The van der Waals surface area contributed by atoms with E-state index in [-0.39, 0.29) is 61.1 Å². The maximum Gasteiger partial charge on any atom is 0.307 e. The van der Waals surface area contributed by atoms with Crippen molar-refractivity contribution >= 4 is 44.4 Å². The van der Waals surface area contributed by atoms with E-state index in [1.165, 1.54) is 4.90 Å². The van der Waals surface area contributed by atoms with Crippen LogP contribution in [0, 0.1) is 29.1 Å². The molecule has 56 heavy (non-hydrogen) atoms. The van der Waals surface area contributed by atoms with Gasteiger partial charge in [-0.05, 0) is 103 Å². The van der Waals surface area contributed by atoms with Crippen LogP contribution in [0.25, 0.3) is 10.8 Å². The highest BCUT2D eigenvalue weighted by atomic mass is 32.2. The highest BCUT2D eigenvalue weighted by Gasteiger charge is 2.62. The van der Waals surface area contributed by atoms with Crippen molar-refractivity contribution in [1.29, 1.82) is 0 Å². The van der Waals surface area contributed by atoms with Crippen molar-refractivity contribution < 1.29 is 41.8 Å². The first-order valence-electron chi connectivity index (χ1n) is 20.2. The van der Waals surface area contributed by atoms with E-state index in [0.717, 1.165) is 12.8 Å². The van der Waals surface area contributed by atoms with Crippen LogP contribution in [0.2, 0.25) is 0 Å². The normalized spacial score (nSPS) is 29.9. The molecule has 1 aromatic carbocycles. The third kappa shape index (κ3) is 8.89. The molecule has 3 fully saturated rings. The number of ketones is 1. The van der Waals surface area contributed by atoms with Crippen LogP contribution >= 0.6 is 0 Å². The van der Waals surface area contributed by atoms with Crippen molar-refractivity contribution in [2.24, 2.45) is 29.1 Å². The zero-order valence-corrected chi connectivity index (χ0v) is 34.7. The second kappa shape index (κ2) is 16.1. The van der Waals surface area contributed by atoms with E-state index >= 15 is 4.79 Å². The molecule has 14 heteroatoms. The largest absolute Gasteiger partial charge is 0.476 e. The fraction of sp³-hybridized carbons (Fsp3) is 0.667. The average Bonchev–Trinajstić information content (AvgIpc) is 4.01. The molecule has 0 radical (unpaired) electrons. The van der Waals surface area contributed by atoms with Crippen molar-refractivity contribution in [2.45, 2.75) is 135 Å². The number of carbonyl (C=O) groups is 4. The molecular formula is C42H58N4O9S. The van der Waals surface area contributed by atoms with Gasteiger partial charge in [0.15, 0.2) is 5.78 Å². The van der Waals surface area contributed by atoms with Crippen molar-refractivity contribution in [3.63, 3.8) is 0 Å². The molecule has 2 saturated carbocycles. The maximum absolute atomic E-state index is 15.0. The highest BCUT2D eigenvalue weighted by Crippen LogP contribution is 2.58. The molecule has 0 unspecified atom stereocenters. The first-order valence-corrected chi connectivity index (χ1v) is 21.7. The van der Waals surface area contributed by atoms with Gasteiger partial charge in [-0.2, -0.15) is 0 Å². The summed E-state index contributed by atoms with van der Waals surface area (Å²) >= 11 is 0. The van der Waals surface area contributed by atoms with Crippen molar-refractivity contribution in [2.75, 3.05) is 13.2 Å². The summed E-state index contributed by atoms with van der Waals surface area (Å²) in [4.78, 5) is 58.7. The van der Waals surface area contributed by atoms with Gasteiger partial charge in [0.25, 0.3) is 0 Å². The Balaban J connectivity index is 1.37. The number of aromatic nitrogens is 2. The fourth-order valence-corrected chi connectivity index (χ4v) is 9.78. The number of allylic oxidation sites excluding steroid dienone is 2. The molecule has 1 saturated heterocycles. The summed E-state index contributed by atoms with van der Waals surface area (Å²) in [5.74, 6) is -2.35. The summed E-state index contributed by atoms with van der Waals surface area (Å²) in [6.45, 7) is 13.4. The van der Waals surface area contributed by atoms with Crippen LogP contribution in [0.15, 0.2) is 36.4 Å². The number of carbonyl (C=O) groups excluding carboxylic acids is 4. The molecule has 0 bridgehead atoms. The summed E-state index contributed by atoms with van der Waals surface area (Å²) in [7, 11) is -3.96. The molecule has 2 aliphatic carbocycles. The molecule has 7 atom stereocenters. The first-order chi connectivity index (χ1) is 26.4. The van der Waals surface area contributed by atoms with E-state index < -0.39 is 55.7 Å². The molecule has 306 valence electrons. The molecular weight excluding hydrogens is 737 g/mol. The minimum atomic E-state index is -3.96. The Kier molecular flexibility index (Phi) is 11.9. The third-order valence-electron chi connectivity index (χ3n) is 12.1. The van der Waals surface area contributed by atoms with Gasteiger partial charge in [-0.1, -0.05) is 44.6 Å². The van der Waals surface area contributed by atoms with Crippen LogP contribution in [0.1, 0.15) is 113 Å². The number of ether oxygens (including phenoxy) is 3. The number of benzene rings is 1. The van der Waals surface area contributed by atoms with Crippen molar-refractivity contribution in [1.82, 2.24) is 19.8 Å². The number of hydrogen-bond donors (Lipinski definition) is 1. The number of fused-ring (bicyclic) bond motifs is 3. The Morgan fingerprint density at radius 1 is 1.04 bits per heavy atom. The van der Waals surface area contributed by atoms with Gasteiger partial charge in [-0.3, -0.25) is 23.9 Å². The van der Waals surface area contributed by atoms with Gasteiger partial charge in [0, 0.05) is 12.8 Å². The van der Waals surface area contributed by atoms with E-state index in [9.17, 15) is 22.8 Å². The number of nitrogens with zero attached hydrogens (tertiary/aromatic N) is 3. The SMILES string of the molecule is CCOc1nnc(O[C@@H]2C[C@H]3C(=O)C[C@]4(C(=O)NS(=O)(=O)C5(C)CC5)C[C@H]4/C=C\CC[C@@H](C)C[C@@H](CC)[C@H](CC(=O)OC(C)(C)C)C(=O)N3C2)c2ccccc12. The number of nitrogens with one attached hydrogen (secondary N) is 1. The molecule has 2 aliphatic heterocycles. The number of rotatable bonds is 10. The number of sulfonamides is 1. The lowest BCUT2D eigenvalue weighted by atomic mass is 9.79. The molecule has 1 N–H and O–H groups in total. The van der Waals surface area contributed by atoms with Crippen LogP contribution in [-0.4, -0.2) is 82.7 Å². The third-order valence-corrected chi connectivity index (χ3v) is 14.3. The predicted molar refractivity (Wildman–Crippen MR) is 210 cm³/mol. The smallest absolute Gasteiger partial charge is 0.307 e. The minimum Gasteiger partial charge on any atom is -0.476 e.